The van der Waals surface area contributed by atoms with Crippen molar-refractivity contribution in [3.05, 3.63) is 18.3 Å². The summed E-state index contributed by atoms with van der Waals surface area (Å²) in [5, 5.41) is 3.14. The van der Waals surface area contributed by atoms with E-state index in [1.54, 1.807) is 0 Å². The lowest BCUT2D eigenvalue weighted by molar-refractivity contribution is -0.122. The fourth-order valence-corrected chi connectivity index (χ4v) is 2.14. The standard InChI is InChI=1S/C11H15FN4O/c12-9-5-10(15-6-14-9)16-8-3-1-7(2-4-8)11(13)17/h5-8H,1-4H2,(H2,13,17)(H,14,15,16). The molecule has 1 heterocycles. The number of carbonyl (C=O) groups excluding carboxylic acids is 1. The monoisotopic (exact) mass is 238 g/mol. The van der Waals surface area contributed by atoms with E-state index in [9.17, 15) is 9.18 Å². The highest BCUT2D eigenvalue weighted by molar-refractivity contribution is 5.76. The number of hydrogen-bond acceptors (Lipinski definition) is 4. The first-order valence-corrected chi connectivity index (χ1v) is 5.68. The van der Waals surface area contributed by atoms with Crippen molar-refractivity contribution in [1.82, 2.24) is 9.97 Å². The van der Waals surface area contributed by atoms with Crippen molar-refractivity contribution >= 4 is 11.7 Å². The fourth-order valence-electron chi connectivity index (χ4n) is 2.14. The maximum absolute atomic E-state index is 12.8. The van der Waals surface area contributed by atoms with Crippen molar-refractivity contribution in [1.29, 1.82) is 0 Å². The second-order valence-corrected chi connectivity index (χ2v) is 4.32. The zero-order chi connectivity index (χ0) is 12.3. The molecule has 0 aromatic carbocycles. The summed E-state index contributed by atoms with van der Waals surface area (Å²) in [6.07, 6.45) is 4.44. The molecule has 0 spiro atoms. The molecule has 0 bridgehead atoms. The number of halogens is 1. The number of nitrogens with zero attached hydrogens (tertiary/aromatic N) is 2. The van der Waals surface area contributed by atoms with Crippen LogP contribution in [-0.4, -0.2) is 21.9 Å². The van der Waals surface area contributed by atoms with Crippen molar-refractivity contribution in [2.24, 2.45) is 11.7 Å². The van der Waals surface area contributed by atoms with E-state index < -0.39 is 5.95 Å². The van der Waals surface area contributed by atoms with Crippen LogP contribution >= 0.6 is 0 Å². The molecule has 6 heteroatoms. The third-order valence-electron chi connectivity index (χ3n) is 3.12. The minimum Gasteiger partial charge on any atom is -0.369 e. The van der Waals surface area contributed by atoms with Crippen LogP contribution in [0.4, 0.5) is 10.2 Å². The van der Waals surface area contributed by atoms with Gasteiger partial charge in [-0.25, -0.2) is 9.97 Å². The van der Waals surface area contributed by atoms with E-state index in [1.165, 1.54) is 12.4 Å². The van der Waals surface area contributed by atoms with Gasteiger partial charge in [-0.15, -0.1) is 0 Å². The van der Waals surface area contributed by atoms with Crippen LogP contribution in [0.25, 0.3) is 0 Å². The average molecular weight is 238 g/mol. The molecule has 1 aliphatic carbocycles. The highest BCUT2D eigenvalue weighted by Gasteiger charge is 2.24. The van der Waals surface area contributed by atoms with Crippen molar-refractivity contribution in [2.75, 3.05) is 5.32 Å². The maximum Gasteiger partial charge on any atom is 0.220 e. The number of primary amides is 1. The molecular formula is C11H15FN4O. The van der Waals surface area contributed by atoms with E-state index in [0.717, 1.165) is 25.7 Å². The Morgan fingerprint density at radius 1 is 1.35 bits per heavy atom. The zero-order valence-electron chi connectivity index (χ0n) is 9.40. The summed E-state index contributed by atoms with van der Waals surface area (Å²) < 4.78 is 12.8. The minimum absolute atomic E-state index is 0.0183. The summed E-state index contributed by atoms with van der Waals surface area (Å²) in [6.45, 7) is 0. The van der Waals surface area contributed by atoms with Crippen LogP contribution in [0.2, 0.25) is 0 Å². The van der Waals surface area contributed by atoms with E-state index in [1.807, 2.05) is 0 Å². The van der Waals surface area contributed by atoms with Crippen molar-refractivity contribution in [2.45, 2.75) is 31.7 Å². The van der Waals surface area contributed by atoms with Gasteiger partial charge in [0.1, 0.15) is 12.1 Å². The highest BCUT2D eigenvalue weighted by atomic mass is 19.1. The number of nitrogens with two attached hydrogens (primary N) is 1. The number of amides is 1. The Bertz CT molecular complexity index is 404. The molecule has 1 aromatic rings. The summed E-state index contributed by atoms with van der Waals surface area (Å²) in [5.74, 6) is -0.305. The average Bonchev–Trinajstić information content (AvgIpc) is 2.29. The van der Waals surface area contributed by atoms with Crippen LogP contribution in [0.5, 0.6) is 0 Å². The lowest BCUT2D eigenvalue weighted by Crippen LogP contribution is -2.32. The second-order valence-electron chi connectivity index (χ2n) is 4.32. The first kappa shape index (κ1) is 11.8. The van der Waals surface area contributed by atoms with Gasteiger partial charge in [0.05, 0.1) is 0 Å². The van der Waals surface area contributed by atoms with E-state index in [0.29, 0.717) is 5.82 Å². The van der Waals surface area contributed by atoms with Crippen LogP contribution in [-0.2, 0) is 4.79 Å². The van der Waals surface area contributed by atoms with Crippen LogP contribution < -0.4 is 11.1 Å². The Morgan fingerprint density at radius 2 is 2.06 bits per heavy atom. The Kier molecular flexibility index (Phi) is 3.51. The van der Waals surface area contributed by atoms with E-state index in [4.69, 9.17) is 5.73 Å². The number of rotatable bonds is 3. The first-order chi connectivity index (χ1) is 8.15. The normalized spacial score (nSPS) is 24.3. The molecule has 0 atom stereocenters. The molecule has 0 unspecified atom stereocenters. The molecule has 1 fully saturated rings. The van der Waals surface area contributed by atoms with Crippen LogP contribution in [0.15, 0.2) is 12.4 Å². The van der Waals surface area contributed by atoms with E-state index >= 15 is 0 Å². The van der Waals surface area contributed by atoms with Gasteiger partial charge >= 0.3 is 0 Å². The van der Waals surface area contributed by atoms with Gasteiger partial charge in [-0.2, -0.15) is 4.39 Å². The van der Waals surface area contributed by atoms with Gasteiger partial charge in [0.25, 0.3) is 0 Å². The number of nitrogens with one attached hydrogen (secondary N) is 1. The Hall–Kier alpha value is -1.72. The van der Waals surface area contributed by atoms with Crippen molar-refractivity contribution in [3.63, 3.8) is 0 Å². The molecule has 1 aromatic heterocycles. The maximum atomic E-state index is 12.8. The Balaban J connectivity index is 1.88. The third-order valence-corrected chi connectivity index (χ3v) is 3.12. The topological polar surface area (TPSA) is 80.9 Å². The number of carbonyl (C=O) groups is 1. The first-order valence-electron chi connectivity index (χ1n) is 5.68. The molecule has 17 heavy (non-hydrogen) atoms. The molecule has 0 radical (unpaired) electrons. The minimum atomic E-state index is -0.548. The number of anilines is 1. The number of hydrogen-bond donors (Lipinski definition) is 2. The quantitative estimate of drug-likeness (QED) is 0.772. The molecule has 0 aliphatic heterocycles. The number of aromatic nitrogens is 2. The van der Waals surface area contributed by atoms with Gasteiger partial charge in [0, 0.05) is 18.0 Å². The van der Waals surface area contributed by atoms with Gasteiger partial charge in [0.2, 0.25) is 11.9 Å². The third kappa shape index (κ3) is 3.12. The Morgan fingerprint density at radius 3 is 2.65 bits per heavy atom. The van der Waals surface area contributed by atoms with Gasteiger partial charge in [-0.1, -0.05) is 0 Å². The molecule has 3 N–H and O–H groups in total. The molecule has 92 valence electrons. The van der Waals surface area contributed by atoms with Crippen LogP contribution in [0, 0.1) is 11.9 Å². The molecule has 0 saturated heterocycles. The lowest BCUT2D eigenvalue weighted by atomic mass is 9.85. The lowest BCUT2D eigenvalue weighted by Gasteiger charge is -2.27. The van der Waals surface area contributed by atoms with Gasteiger partial charge < -0.3 is 11.1 Å². The molecule has 1 saturated carbocycles. The smallest absolute Gasteiger partial charge is 0.220 e. The Labute approximate surface area is 98.6 Å². The van der Waals surface area contributed by atoms with E-state index in [2.05, 4.69) is 15.3 Å². The molecule has 5 nitrogen and oxygen atoms in total. The summed E-state index contributed by atoms with van der Waals surface area (Å²) in [5.41, 5.74) is 5.26. The summed E-state index contributed by atoms with van der Waals surface area (Å²) in [6, 6.07) is 1.49. The van der Waals surface area contributed by atoms with Gasteiger partial charge in [0.15, 0.2) is 0 Å². The molecule has 2 rings (SSSR count). The van der Waals surface area contributed by atoms with Crippen LogP contribution in [0.1, 0.15) is 25.7 Å². The molecule has 1 amide bonds. The second kappa shape index (κ2) is 5.07. The molecular weight excluding hydrogens is 223 g/mol. The zero-order valence-corrected chi connectivity index (χ0v) is 9.40. The van der Waals surface area contributed by atoms with Crippen LogP contribution in [0.3, 0.4) is 0 Å². The fraction of sp³-hybridized carbons (Fsp3) is 0.545. The molecule has 1 aliphatic rings. The largest absolute Gasteiger partial charge is 0.369 e. The van der Waals surface area contributed by atoms with Gasteiger partial charge in [-0.3, -0.25) is 4.79 Å². The SMILES string of the molecule is NC(=O)C1CCC(Nc2cc(F)ncn2)CC1. The van der Waals surface area contributed by atoms with Crippen molar-refractivity contribution < 1.29 is 9.18 Å². The summed E-state index contributed by atoms with van der Waals surface area (Å²) in [7, 11) is 0. The summed E-state index contributed by atoms with van der Waals surface area (Å²) >= 11 is 0. The predicted molar refractivity (Wildman–Crippen MR) is 60.6 cm³/mol. The highest BCUT2D eigenvalue weighted by Crippen LogP contribution is 2.25. The van der Waals surface area contributed by atoms with Crippen molar-refractivity contribution in [3.8, 4) is 0 Å². The predicted octanol–water partition coefficient (Wildman–Crippen LogP) is 1.07. The van der Waals surface area contributed by atoms with E-state index in [-0.39, 0.29) is 17.9 Å². The van der Waals surface area contributed by atoms with Gasteiger partial charge in [-0.05, 0) is 25.7 Å². The summed E-state index contributed by atoms with van der Waals surface area (Å²) in [4.78, 5) is 18.3.